The van der Waals surface area contributed by atoms with E-state index in [1.54, 1.807) is 0 Å². The number of aromatic nitrogens is 5. The van der Waals surface area contributed by atoms with Crippen molar-refractivity contribution in [3.05, 3.63) is 17.7 Å². The van der Waals surface area contributed by atoms with E-state index in [9.17, 15) is 0 Å². The average Bonchev–Trinajstić information content (AvgIpc) is 2.81. The van der Waals surface area contributed by atoms with E-state index in [2.05, 4.69) is 25.2 Å². The summed E-state index contributed by atoms with van der Waals surface area (Å²) in [5, 5.41) is 16.1. The van der Waals surface area contributed by atoms with Gasteiger partial charge < -0.3 is 9.88 Å². The first-order chi connectivity index (χ1) is 7.75. The number of aryl methyl sites for hydroxylation is 2. The molecule has 0 radical (unpaired) electrons. The first kappa shape index (κ1) is 9.53. The summed E-state index contributed by atoms with van der Waals surface area (Å²) in [6.07, 6.45) is 1.99. The number of hydrogen-bond acceptors (Lipinski definition) is 4. The molecule has 2 aromatic rings. The highest BCUT2D eigenvalue weighted by Crippen LogP contribution is 2.21. The zero-order chi connectivity index (χ0) is 11.1. The van der Waals surface area contributed by atoms with Gasteiger partial charge in [0.15, 0.2) is 5.82 Å². The molecule has 0 saturated heterocycles. The molecule has 0 unspecified atom stereocenters. The van der Waals surface area contributed by atoms with Gasteiger partial charge in [-0.1, -0.05) is 0 Å². The Morgan fingerprint density at radius 2 is 2.25 bits per heavy atom. The minimum Gasteiger partial charge on any atom is -0.309 e. The van der Waals surface area contributed by atoms with E-state index < -0.39 is 0 Å². The summed E-state index contributed by atoms with van der Waals surface area (Å²) < 4.78 is 3.98. The van der Waals surface area contributed by atoms with Crippen molar-refractivity contribution in [2.24, 2.45) is 7.05 Å². The van der Waals surface area contributed by atoms with Crippen molar-refractivity contribution in [3.8, 4) is 11.4 Å². The fourth-order valence-corrected chi connectivity index (χ4v) is 2.11. The first-order valence-electron chi connectivity index (χ1n) is 5.39. The molecule has 16 heavy (non-hydrogen) atoms. The molecule has 0 bridgehead atoms. The van der Waals surface area contributed by atoms with Gasteiger partial charge in [-0.25, -0.2) is 0 Å². The normalized spacial score (nSPS) is 15.1. The molecule has 6 heteroatoms. The molecule has 84 valence electrons. The highest BCUT2D eigenvalue weighted by molar-refractivity contribution is 5.57. The molecule has 2 aromatic heterocycles. The minimum atomic E-state index is 0.798. The van der Waals surface area contributed by atoms with Gasteiger partial charge in [-0.2, -0.15) is 5.10 Å². The minimum absolute atomic E-state index is 0.798. The van der Waals surface area contributed by atoms with Crippen LogP contribution in [0.5, 0.6) is 0 Å². The molecular formula is C10H14N6. The predicted octanol–water partition coefficient (Wildman–Crippen LogP) is 0.0902. The lowest BCUT2D eigenvalue weighted by atomic mass is 10.2. The number of rotatable bonds is 1. The van der Waals surface area contributed by atoms with Gasteiger partial charge in [0.1, 0.15) is 5.82 Å². The van der Waals surface area contributed by atoms with Crippen molar-refractivity contribution in [2.45, 2.75) is 20.0 Å². The second kappa shape index (κ2) is 3.41. The summed E-state index contributed by atoms with van der Waals surface area (Å²) in [4.78, 5) is 0. The van der Waals surface area contributed by atoms with E-state index in [1.165, 1.54) is 0 Å². The highest BCUT2D eigenvalue weighted by atomic mass is 15.3. The molecule has 0 atom stereocenters. The SMILES string of the molecule is Cc1nn(C)cc1-c1nnc2n1CCNC2. The van der Waals surface area contributed by atoms with E-state index in [0.717, 1.165) is 42.5 Å². The molecule has 3 rings (SSSR count). The van der Waals surface area contributed by atoms with Crippen molar-refractivity contribution in [1.82, 2.24) is 29.9 Å². The van der Waals surface area contributed by atoms with Crippen LogP contribution >= 0.6 is 0 Å². The lowest BCUT2D eigenvalue weighted by Crippen LogP contribution is -2.28. The molecule has 3 heterocycles. The quantitative estimate of drug-likeness (QED) is 0.737. The topological polar surface area (TPSA) is 60.6 Å². The maximum absolute atomic E-state index is 4.34. The summed E-state index contributed by atoms with van der Waals surface area (Å²) in [6.45, 7) is 4.69. The largest absolute Gasteiger partial charge is 0.309 e. The molecule has 0 aliphatic carbocycles. The van der Waals surface area contributed by atoms with Crippen LogP contribution in [-0.2, 0) is 20.1 Å². The molecule has 0 aromatic carbocycles. The monoisotopic (exact) mass is 218 g/mol. The van der Waals surface area contributed by atoms with Gasteiger partial charge in [-0.15, -0.1) is 10.2 Å². The van der Waals surface area contributed by atoms with Crippen molar-refractivity contribution in [1.29, 1.82) is 0 Å². The molecule has 1 aliphatic heterocycles. The van der Waals surface area contributed by atoms with E-state index in [4.69, 9.17) is 0 Å². The van der Waals surface area contributed by atoms with E-state index in [1.807, 2.05) is 24.9 Å². The fourth-order valence-electron chi connectivity index (χ4n) is 2.11. The third-order valence-electron chi connectivity index (χ3n) is 2.88. The summed E-state index contributed by atoms with van der Waals surface area (Å²) in [5.74, 6) is 1.94. The van der Waals surface area contributed by atoms with Crippen LogP contribution in [0, 0.1) is 6.92 Å². The van der Waals surface area contributed by atoms with Gasteiger partial charge in [0.2, 0.25) is 0 Å². The van der Waals surface area contributed by atoms with Crippen LogP contribution in [0.1, 0.15) is 11.5 Å². The second-order valence-corrected chi connectivity index (χ2v) is 4.07. The summed E-state index contributed by atoms with van der Waals surface area (Å²) >= 11 is 0. The Balaban J connectivity index is 2.13. The van der Waals surface area contributed by atoms with Gasteiger partial charge >= 0.3 is 0 Å². The van der Waals surface area contributed by atoms with Crippen molar-refractivity contribution in [3.63, 3.8) is 0 Å². The van der Waals surface area contributed by atoms with Gasteiger partial charge in [0.05, 0.1) is 17.8 Å². The number of nitrogens with zero attached hydrogens (tertiary/aromatic N) is 5. The summed E-state index contributed by atoms with van der Waals surface area (Å²) in [5.41, 5.74) is 2.07. The summed E-state index contributed by atoms with van der Waals surface area (Å²) in [7, 11) is 1.92. The smallest absolute Gasteiger partial charge is 0.167 e. The zero-order valence-corrected chi connectivity index (χ0v) is 9.43. The third kappa shape index (κ3) is 1.34. The standard InChI is InChI=1S/C10H14N6/c1-7-8(6-15(2)14-7)10-13-12-9-5-11-3-4-16(9)10/h6,11H,3-5H2,1-2H3. The molecule has 0 saturated carbocycles. The average molecular weight is 218 g/mol. The van der Waals surface area contributed by atoms with Gasteiger partial charge in [-0.05, 0) is 6.92 Å². The van der Waals surface area contributed by atoms with Crippen molar-refractivity contribution < 1.29 is 0 Å². The molecule has 0 fully saturated rings. The van der Waals surface area contributed by atoms with Crippen LogP contribution in [0.15, 0.2) is 6.20 Å². The maximum atomic E-state index is 4.34. The Labute approximate surface area is 93.3 Å². The number of hydrogen-bond donors (Lipinski definition) is 1. The van der Waals surface area contributed by atoms with Crippen molar-refractivity contribution in [2.75, 3.05) is 6.54 Å². The second-order valence-electron chi connectivity index (χ2n) is 4.07. The number of fused-ring (bicyclic) bond motifs is 1. The fraction of sp³-hybridized carbons (Fsp3) is 0.500. The van der Waals surface area contributed by atoms with Gasteiger partial charge in [0, 0.05) is 26.3 Å². The van der Waals surface area contributed by atoms with Crippen molar-refractivity contribution >= 4 is 0 Å². The third-order valence-corrected chi connectivity index (χ3v) is 2.88. The van der Waals surface area contributed by atoms with Crippen LogP contribution in [0.2, 0.25) is 0 Å². The van der Waals surface area contributed by atoms with Gasteiger partial charge in [-0.3, -0.25) is 4.68 Å². The molecule has 0 spiro atoms. The Morgan fingerprint density at radius 3 is 3.00 bits per heavy atom. The highest BCUT2D eigenvalue weighted by Gasteiger charge is 2.19. The molecule has 1 aliphatic rings. The maximum Gasteiger partial charge on any atom is 0.167 e. The lowest BCUT2D eigenvalue weighted by Gasteiger charge is -2.15. The van der Waals surface area contributed by atoms with Crippen LogP contribution < -0.4 is 5.32 Å². The van der Waals surface area contributed by atoms with E-state index in [-0.39, 0.29) is 0 Å². The van der Waals surface area contributed by atoms with Crippen LogP contribution in [0.25, 0.3) is 11.4 Å². The Kier molecular flexibility index (Phi) is 2.03. The molecule has 6 nitrogen and oxygen atoms in total. The Bertz CT molecular complexity index is 523. The lowest BCUT2D eigenvalue weighted by molar-refractivity contribution is 0.508. The molecule has 0 amide bonds. The molecule has 1 N–H and O–H groups in total. The van der Waals surface area contributed by atoms with Crippen LogP contribution in [0.4, 0.5) is 0 Å². The van der Waals surface area contributed by atoms with E-state index >= 15 is 0 Å². The van der Waals surface area contributed by atoms with E-state index in [0.29, 0.717) is 0 Å². The predicted molar refractivity (Wildman–Crippen MR) is 58.7 cm³/mol. The zero-order valence-electron chi connectivity index (χ0n) is 9.43. The first-order valence-corrected chi connectivity index (χ1v) is 5.39. The summed E-state index contributed by atoms with van der Waals surface area (Å²) in [6, 6.07) is 0. The van der Waals surface area contributed by atoms with Gasteiger partial charge in [0.25, 0.3) is 0 Å². The molecular weight excluding hydrogens is 204 g/mol. The Morgan fingerprint density at radius 1 is 1.38 bits per heavy atom. The number of nitrogens with one attached hydrogen (secondary N) is 1. The van der Waals surface area contributed by atoms with Crippen LogP contribution in [-0.4, -0.2) is 31.1 Å². The van der Waals surface area contributed by atoms with Crippen LogP contribution in [0.3, 0.4) is 0 Å². The Hall–Kier alpha value is -1.69.